The monoisotopic (exact) mass is 391 g/mol. The minimum Gasteiger partial charge on any atom is -0.481 e. The first-order chi connectivity index (χ1) is 12.6. The maximum atomic E-state index is 13.0. The molecular weight excluding hydrogens is 377 g/mol. The number of ether oxygens (including phenoxy) is 1. The average Bonchev–Trinajstić information content (AvgIpc) is 2.59. The highest BCUT2D eigenvalue weighted by Gasteiger charge is 2.44. The summed E-state index contributed by atoms with van der Waals surface area (Å²) in [6.45, 7) is 0. The molecule has 0 amide bonds. The highest BCUT2D eigenvalue weighted by molar-refractivity contribution is 5.71. The van der Waals surface area contributed by atoms with Crippen LogP contribution in [-0.4, -0.2) is 33.7 Å². The SMILES string of the molecule is O=C(O)C(Cc1cccc(OC(F)(F)C(F)F)c1)C(O)c1ccc(F)nc1. The van der Waals surface area contributed by atoms with Gasteiger partial charge < -0.3 is 14.9 Å². The Labute approximate surface area is 150 Å². The third-order valence-electron chi connectivity index (χ3n) is 3.65. The van der Waals surface area contributed by atoms with Crippen LogP contribution < -0.4 is 4.74 Å². The first-order valence-corrected chi connectivity index (χ1v) is 7.56. The predicted octanol–water partition coefficient (Wildman–Crippen LogP) is 3.43. The summed E-state index contributed by atoms with van der Waals surface area (Å²) >= 11 is 0. The standard InChI is InChI=1S/C17H14F5NO4/c18-13-5-4-10(8-23-13)14(24)12(15(25)26)7-9-2-1-3-11(6-9)27-17(21,22)16(19)20/h1-6,8,12,14,16,24H,7H2,(H,25,26). The fraction of sp³-hybridized carbons (Fsp3) is 0.294. The second-order valence-corrected chi connectivity index (χ2v) is 5.62. The van der Waals surface area contributed by atoms with E-state index in [9.17, 15) is 37.0 Å². The van der Waals surface area contributed by atoms with E-state index in [2.05, 4.69) is 9.72 Å². The van der Waals surface area contributed by atoms with Crippen LogP contribution in [0.5, 0.6) is 5.75 Å². The number of carbonyl (C=O) groups is 1. The molecule has 2 aromatic rings. The number of hydrogen-bond acceptors (Lipinski definition) is 4. The summed E-state index contributed by atoms with van der Waals surface area (Å²) in [5, 5.41) is 19.6. The maximum absolute atomic E-state index is 13.0. The molecule has 0 saturated heterocycles. The highest BCUT2D eigenvalue weighted by Crippen LogP contribution is 2.30. The van der Waals surface area contributed by atoms with Gasteiger partial charge in [-0.15, -0.1) is 0 Å². The van der Waals surface area contributed by atoms with E-state index in [4.69, 9.17) is 0 Å². The number of halogens is 5. The van der Waals surface area contributed by atoms with Gasteiger partial charge in [0.15, 0.2) is 0 Å². The number of aromatic nitrogens is 1. The molecule has 1 heterocycles. The third-order valence-corrected chi connectivity index (χ3v) is 3.65. The summed E-state index contributed by atoms with van der Waals surface area (Å²) in [5.74, 6) is -4.23. The van der Waals surface area contributed by atoms with Crippen molar-refractivity contribution >= 4 is 5.97 Å². The van der Waals surface area contributed by atoms with Crippen molar-refractivity contribution in [1.82, 2.24) is 4.98 Å². The van der Waals surface area contributed by atoms with E-state index in [1.54, 1.807) is 0 Å². The Morgan fingerprint density at radius 1 is 1.22 bits per heavy atom. The van der Waals surface area contributed by atoms with Crippen LogP contribution in [-0.2, 0) is 11.2 Å². The van der Waals surface area contributed by atoms with Crippen LogP contribution in [0.25, 0.3) is 0 Å². The van der Waals surface area contributed by atoms with Gasteiger partial charge in [0.25, 0.3) is 0 Å². The zero-order chi connectivity index (χ0) is 20.2. The molecule has 2 N–H and O–H groups in total. The van der Waals surface area contributed by atoms with Gasteiger partial charge in [0.2, 0.25) is 5.95 Å². The number of aliphatic hydroxyl groups excluding tert-OH is 1. The Bertz CT molecular complexity index is 785. The molecule has 146 valence electrons. The summed E-state index contributed by atoms with van der Waals surface area (Å²) in [6.07, 6.45) is -9.67. The number of hydrogen-bond donors (Lipinski definition) is 2. The molecule has 27 heavy (non-hydrogen) atoms. The lowest BCUT2D eigenvalue weighted by molar-refractivity contribution is -0.253. The smallest absolute Gasteiger partial charge is 0.461 e. The van der Waals surface area contributed by atoms with E-state index in [1.165, 1.54) is 12.1 Å². The number of aliphatic hydroxyl groups is 1. The second-order valence-electron chi connectivity index (χ2n) is 5.62. The van der Waals surface area contributed by atoms with Crippen molar-refractivity contribution in [3.05, 3.63) is 59.7 Å². The second kappa shape index (κ2) is 8.30. The first-order valence-electron chi connectivity index (χ1n) is 7.56. The molecule has 0 aliphatic rings. The fourth-order valence-electron chi connectivity index (χ4n) is 2.32. The normalized spacial score (nSPS) is 14.0. The minimum absolute atomic E-state index is 0.0421. The van der Waals surface area contributed by atoms with Gasteiger partial charge in [-0.25, -0.2) is 4.98 Å². The van der Waals surface area contributed by atoms with E-state index >= 15 is 0 Å². The van der Waals surface area contributed by atoms with Crippen molar-refractivity contribution in [3.63, 3.8) is 0 Å². The van der Waals surface area contributed by atoms with Crippen LogP contribution in [0.15, 0.2) is 42.6 Å². The molecule has 0 saturated carbocycles. The molecule has 0 fully saturated rings. The Morgan fingerprint density at radius 3 is 2.48 bits per heavy atom. The van der Waals surface area contributed by atoms with Crippen molar-refractivity contribution in [2.75, 3.05) is 0 Å². The first kappa shape index (κ1) is 20.6. The number of benzene rings is 1. The zero-order valence-corrected chi connectivity index (χ0v) is 13.5. The Hall–Kier alpha value is -2.75. The van der Waals surface area contributed by atoms with Crippen molar-refractivity contribution in [2.24, 2.45) is 5.92 Å². The van der Waals surface area contributed by atoms with E-state index in [1.807, 2.05) is 0 Å². The van der Waals surface area contributed by atoms with Crippen LogP contribution >= 0.6 is 0 Å². The number of aliphatic carboxylic acids is 1. The number of nitrogens with zero attached hydrogens (tertiary/aromatic N) is 1. The lowest BCUT2D eigenvalue weighted by Crippen LogP contribution is -2.33. The fourth-order valence-corrected chi connectivity index (χ4v) is 2.32. The van der Waals surface area contributed by atoms with Gasteiger partial charge in [-0.05, 0) is 35.7 Å². The number of carboxylic acid groups (broad SMARTS) is 1. The van der Waals surface area contributed by atoms with Crippen molar-refractivity contribution in [1.29, 1.82) is 0 Å². The molecule has 1 aromatic carbocycles. The van der Waals surface area contributed by atoms with Gasteiger partial charge in [0.05, 0.1) is 12.0 Å². The predicted molar refractivity (Wildman–Crippen MR) is 82.0 cm³/mol. The molecule has 5 nitrogen and oxygen atoms in total. The topological polar surface area (TPSA) is 79.7 Å². The molecule has 0 bridgehead atoms. The van der Waals surface area contributed by atoms with Gasteiger partial charge in [0, 0.05) is 6.20 Å². The molecule has 1 aromatic heterocycles. The van der Waals surface area contributed by atoms with Crippen molar-refractivity contribution in [2.45, 2.75) is 25.1 Å². The van der Waals surface area contributed by atoms with Crippen LogP contribution in [0, 0.1) is 11.9 Å². The summed E-state index contributed by atoms with van der Waals surface area (Å²) in [5.41, 5.74) is 0.194. The quantitative estimate of drug-likeness (QED) is 0.532. The minimum atomic E-state index is -4.70. The lowest BCUT2D eigenvalue weighted by Gasteiger charge is -2.20. The Morgan fingerprint density at radius 2 is 1.93 bits per heavy atom. The summed E-state index contributed by atoms with van der Waals surface area (Å²) in [7, 11) is 0. The number of pyridine rings is 1. The molecule has 2 unspecified atom stereocenters. The molecule has 0 aliphatic carbocycles. The van der Waals surface area contributed by atoms with Crippen LogP contribution in [0.4, 0.5) is 22.0 Å². The molecule has 0 radical (unpaired) electrons. The van der Waals surface area contributed by atoms with Gasteiger partial charge >= 0.3 is 18.5 Å². The zero-order valence-electron chi connectivity index (χ0n) is 13.5. The lowest BCUT2D eigenvalue weighted by atomic mass is 9.90. The molecule has 2 rings (SSSR count). The highest BCUT2D eigenvalue weighted by atomic mass is 19.3. The Balaban J connectivity index is 2.20. The van der Waals surface area contributed by atoms with Gasteiger partial charge in [-0.1, -0.05) is 18.2 Å². The molecule has 0 spiro atoms. The summed E-state index contributed by atoms with van der Waals surface area (Å²) in [4.78, 5) is 14.8. The van der Waals surface area contributed by atoms with E-state index in [0.29, 0.717) is 0 Å². The molecule has 2 atom stereocenters. The largest absolute Gasteiger partial charge is 0.481 e. The number of rotatable bonds is 8. The summed E-state index contributed by atoms with van der Waals surface area (Å²) < 4.78 is 67.2. The van der Waals surface area contributed by atoms with E-state index in [-0.39, 0.29) is 17.5 Å². The van der Waals surface area contributed by atoms with E-state index in [0.717, 1.165) is 30.5 Å². The molecule has 0 aliphatic heterocycles. The maximum Gasteiger partial charge on any atom is 0.461 e. The van der Waals surface area contributed by atoms with Crippen molar-refractivity contribution in [3.8, 4) is 5.75 Å². The van der Waals surface area contributed by atoms with Gasteiger partial charge in [-0.2, -0.15) is 22.0 Å². The molecular formula is C17H14F5NO4. The average molecular weight is 391 g/mol. The Kier molecular flexibility index (Phi) is 6.32. The van der Waals surface area contributed by atoms with Crippen molar-refractivity contribution < 1.29 is 41.7 Å². The molecule has 10 heteroatoms. The van der Waals surface area contributed by atoms with Crippen LogP contribution in [0.2, 0.25) is 0 Å². The van der Waals surface area contributed by atoms with Gasteiger partial charge in [-0.3, -0.25) is 4.79 Å². The third kappa shape index (κ3) is 5.36. The summed E-state index contributed by atoms with van der Waals surface area (Å²) in [6, 6.07) is 6.66. The van der Waals surface area contributed by atoms with E-state index < -0.39 is 42.2 Å². The van der Waals surface area contributed by atoms with Crippen LogP contribution in [0.3, 0.4) is 0 Å². The van der Waals surface area contributed by atoms with Crippen LogP contribution in [0.1, 0.15) is 17.2 Å². The number of alkyl halides is 4. The van der Waals surface area contributed by atoms with Gasteiger partial charge in [0.1, 0.15) is 5.75 Å². The number of carboxylic acids is 1.